The number of sulfonamides is 1. The Labute approximate surface area is 651 Å². The van der Waals surface area contributed by atoms with Crippen molar-refractivity contribution in [2.75, 3.05) is 13.2 Å². The minimum Gasteiger partial charge on any atom is -0.508 e. The lowest BCUT2D eigenvalue weighted by molar-refractivity contribution is -0.270. The van der Waals surface area contributed by atoms with Gasteiger partial charge in [0, 0.05) is 35.2 Å². The first-order valence-electron chi connectivity index (χ1n) is 36.5. The number of hydrogen-bond donors (Lipinski definition) is 17. The summed E-state index contributed by atoms with van der Waals surface area (Å²) in [5, 5.41) is 109. The molecule has 19 atom stereocenters. The van der Waals surface area contributed by atoms with Crippen molar-refractivity contribution in [3.63, 3.8) is 0 Å². The van der Waals surface area contributed by atoms with E-state index in [0.717, 1.165) is 98.2 Å². The van der Waals surface area contributed by atoms with Crippen molar-refractivity contribution < 1.29 is 111 Å². The van der Waals surface area contributed by atoms with Crippen LogP contribution < -0.4 is 67.0 Å². The van der Waals surface area contributed by atoms with Gasteiger partial charge in [0.05, 0.1) is 41.7 Å². The Morgan fingerprint density at radius 3 is 2.21 bits per heavy atom. The third-order valence-electron chi connectivity index (χ3n) is 22.8. The SMILES string of the molecule is CCCOc1ccc(S(=O)(=O)NC(=O)CC2NC(=O)C(NC(=O)C(C)CC)C(O)c3ccc(c(Cl)c3)Oc3cc4cc(c3OC3OC(CN)C(O)C(O)C3O)OC=CC=C(C=CCl)C(O)CC(=O)NC(C(=O)NC3C5CC6CC7CC3C67C5)c3cc(O)cc5c3-c3cc(ccc3C5(O)O)C(C(N)=O)NC(=O)C4NC2=O)cc1. The lowest BCUT2D eigenvalue weighted by Gasteiger charge is -2.67. The number of aromatic hydroxyl groups is 1. The third-order valence-corrected chi connectivity index (χ3v) is 24.6. The number of carbonyl (C=O) groups excluding carboxylic acids is 8. The molecule has 19 N–H and O–H groups in total. The molecule has 5 aromatic carbocycles. The summed E-state index contributed by atoms with van der Waals surface area (Å²) in [6.45, 7) is 4.82. The summed E-state index contributed by atoms with van der Waals surface area (Å²) in [5.41, 5.74) is 11.0. The highest BCUT2D eigenvalue weighted by atomic mass is 35.5. The first-order chi connectivity index (χ1) is 53.3. The second kappa shape index (κ2) is 32.0. The second-order valence-electron chi connectivity index (χ2n) is 29.5. The van der Waals surface area contributed by atoms with E-state index in [1.54, 1.807) is 6.92 Å². The van der Waals surface area contributed by atoms with Gasteiger partial charge in [-0.3, -0.25) is 38.4 Å². The molecule has 5 aliphatic carbocycles. The number of ether oxygens (including phenoxy) is 5. The van der Waals surface area contributed by atoms with E-state index in [1.165, 1.54) is 49.4 Å². The van der Waals surface area contributed by atoms with Crippen LogP contribution in [0.25, 0.3) is 11.1 Å². The van der Waals surface area contributed by atoms with Crippen LogP contribution in [0.5, 0.6) is 34.5 Å². The fraction of sp³-hybridized carbons (Fsp3) is 0.429. The molecule has 4 saturated carbocycles. The zero-order valence-electron chi connectivity index (χ0n) is 60.5. The standard InChI is InChI=1S/C77H85Cl2N9O23S/c1-4-18-107-42-10-12-43(13-11-42)112(105,106)88-57(92)29-50-71(99)86-61-37-23-53(68(111-75-67(96)66(95)65(94)55(32-80)110-75)54(24-37)109-52-15-9-36(22-49(52)79)64(93)63(74(102)82-50)87-70(98)33(3)5-2)108-19-6-7-34(16-17-78)51(90)30-56(91)83-62(73(101)84-59-38-20-39-25-40-26-48(59)76(39,40)31-38)45-27-41(89)28-47-58(45)44-21-35(8-14-46(44)77(47,103)104)60(69(81)97)85-72(61)100/h6-17,19,21-24,27-28,33,38-40,48,50-51,55,59-67,75,89-90,93-96,103-104H,4-5,18,20,25-26,29-32,80H2,1-3H3,(H2,81,97)(H,82,102)(H,83,91)(H,84,101)(H,85,100)(H,86,99)(H,87,98)(H,88,92). The maximum atomic E-state index is 16.1. The number of benzene rings is 5. The van der Waals surface area contributed by atoms with Crippen LogP contribution in [0, 0.1) is 35.0 Å². The topological polar surface area (TPSA) is 515 Å². The predicted molar refractivity (Wildman–Crippen MR) is 396 cm³/mol. The van der Waals surface area contributed by atoms with Gasteiger partial charge in [-0.25, -0.2) is 13.1 Å². The average Bonchev–Trinajstić information content (AvgIpc) is 1.48. The van der Waals surface area contributed by atoms with Crippen LogP contribution >= 0.6 is 23.2 Å². The molecule has 4 aliphatic heterocycles. The Bertz CT molecular complexity index is 4810. The molecule has 8 amide bonds. The number of hydrogen-bond acceptors (Lipinski definition) is 24. The predicted octanol–water partition coefficient (Wildman–Crippen LogP) is 2.44. The fourth-order valence-corrected chi connectivity index (χ4v) is 18.3. The number of nitrogens with one attached hydrogen (secondary N) is 7. The highest BCUT2D eigenvalue weighted by molar-refractivity contribution is 7.90. The summed E-state index contributed by atoms with van der Waals surface area (Å²) in [6, 6.07) is 5.06. The Hall–Kier alpha value is -9.75. The largest absolute Gasteiger partial charge is 0.508 e. The van der Waals surface area contributed by atoms with Gasteiger partial charge in [-0.05, 0) is 185 Å². The van der Waals surface area contributed by atoms with E-state index in [0.29, 0.717) is 18.3 Å². The molecule has 19 unspecified atom stereocenters. The quantitative estimate of drug-likeness (QED) is 0.0594. The van der Waals surface area contributed by atoms with Gasteiger partial charge in [-0.1, -0.05) is 68.2 Å². The van der Waals surface area contributed by atoms with Gasteiger partial charge in [0.25, 0.3) is 10.0 Å². The number of primary amides is 1. The number of phenolic OH excluding ortho intramolecular Hbond substituents is 1. The molecule has 596 valence electrons. The normalized spacial score (nSPS) is 30.0. The molecule has 0 radical (unpaired) electrons. The Morgan fingerprint density at radius 1 is 0.795 bits per heavy atom. The van der Waals surface area contributed by atoms with E-state index in [1.807, 2.05) is 11.6 Å². The van der Waals surface area contributed by atoms with Crippen LogP contribution in [0.15, 0.2) is 125 Å². The number of rotatable bonds is 17. The van der Waals surface area contributed by atoms with E-state index in [9.17, 15) is 68.4 Å². The molecular weight excluding hydrogens is 1520 g/mol. The molecule has 9 bridgehead atoms. The van der Waals surface area contributed by atoms with Gasteiger partial charge in [0.1, 0.15) is 78.0 Å². The van der Waals surface area contributed by atoms with Crippen LogP contribution in [0.3, 0.4) is 0 Å². The number of amides is 8. The number of halogens is 2. The summed E-state index contributed by atoms with van der Waals surface area (Å²) in [7, 11) is -4.84. The Balaban J connectivity index is 0.984. The molecule has 4 heterocycles. The summed E-state index contributed by atoms with van der Waals surface area (Å²) >= 11 is 13.2. The zero-order chi connectivity index (χ0) is 80.3. The fourth-order valence-electron chi connectivity index (χ4n) is 16.9. The summed E-state index contributed by atoms with van der Waals surface area (Å²) < 4.78 is 60.6. The lowest BCUT2D eigenvalue weighted by Crippen LogP contribution is -2.65. The smallest absolute Gasteiger partial charge is 0.264 e. The molecule has 1 spiro atoms. The first-order valence-corrected chi connectivity index (χ1v) is 38.8. The average molecular weight is 1610 g/mol. The Morgan fingerprint density at radius 2 is 1.53 bits per heavy atom. The second-order valence-corrected chi connectivity index (χ2v) is 31.9. The number of phenols is 1. The van der Waals surface area contributed by atoms with Crippen molar-refractivity contribution in [1.82, 2.24) is 36.6 Å². The molecule has 35 heteroatoms. The van der Waals surface area contributed by atoms with E-state index in [-0.39, 0.29) is 91.8 Å². The Kier molecular flexibility index (Phi) is 23.0. The van der Waals surface area contributed by atoms with Crippen LogP contribution in [0.4, 0.5) is 0 Å². The minimum atomic E-state index is -4.84. The highest BCUT2D eigenvalue weighted by Crippen LogP contribution is 2.81. The van der Waals surface area contributed by atoms with Gasteiger partial charge in [-0.2, -0.15) is 0 Å². The van der Waals surface area contributed by atoms with Crippen LogP contribution in [0.2, 0.25) is 5.02 Å². The molecule has 5 fully saturated rings. The molecule has 112 heavy (non-hydrogen) atoms. The monoisotopic (exact) mass is 1610 g/mol. The molecule has 0 aromatic heterocycles. The van der Waals surface area contributed by atoms with Crippen molar-refractivity contribution in [2.24, 2.45) is 46.5 Å². The molecular formula is C77H85Cl2N9O23S. The number of nitrogens with two attached hydrogens (primary N) is 2. The van der Waals surface area contributed by atoms with Gasteiger partial charge >= 0.3 is 0 Å². The summed E-state index contributed by atoms with van der Waals surface area (Å²) in [5.74, 6) is -14.7. The van der Waals surface area contributed by atoms with Crippen LogP contribution in [-0.4, -0.2) is 165 Å². The number of allylic oxidation sites excluding steroid dienone is 2. The van der Waals surface area contributed by atoms with Gasteiger partial charge in [0.15, 0.2) is 11.5 Å². The molecule has 9 aliphatic rings. The molecule has 32 nitrogen and oxygen atoms in total. The van der Waals surface area contributed by atoms with Crippen molar-refractivity contribution in [1.29, 1.82) is 0 Å². The third kappa shape index (κ3) is 15.3. The number of fused-ring (bicyclic) bond motifs is 11. The number of carbonyl (C=O) groups is 8. The van der Waals surface area contributed by atoms with E-state index >= 15 is 19.2 Å². The van der Waals surface area contributed by atoms with Crippen molar-refractivity contribution >= 4 is 80.5 Å². The van der Waals surface area contributed by atoms with Gasteiger partial charge in [0.2, 0.25) is 65.1 Å². The van der Waals surface area contributed by atoms with E-state index in [4.69, 9.17) is 58.4 Å². The minimum absolute atomic E-state index is 0.0882. The lowest BCUT2D eigenvalue weighted by atomic mass is 9.38. The molecule has 5 aromatic rings. The number of aliphatic hydroxyl groups excluding tert-OH is 5. The van der Waals surface area contributed by atoms with Crippen LogP contribution in [0.1, 0.15) is 130 Å². The zero-order valence-corrected chi connectivity index (χ0v) is 62.8. The van der Waals surface area contributed by atoms with Crippen LogP contribution in [-0.2, 0) is 58.9 Å². The van der Waals surface area contributed by atoms with Crippen molar-refractivity contribution in [3.05, 3.63) is 159 Å². The van der Waals surface area contributed by atoms with Gasteiger partial charge < -0.3 is 108 Å². The molecule has 1 saturated heterocycles. The maximum absolute atomic E-state index is 16.1. The van der Waals surface area contributed by atoms with E-state index in [2.05, 4.69) is 31.9 Å². The first kappa shape index (κ1) is 80.3. The summed E-state index contributed by atoms with van der Waals surface area (Å²) in [6.07, 6.45) is -6.27. The van der Waals surface area contributed by atoms with Crippen molar-refractivity contribution in [2.45, 2.75) is 162 Å². The van der Waals surface area contributed by atoms with Gasteiger partial charge in [-0.15, -0.1) is 0 Å². The number of aliphatic hydroxyl groups is 7. The highest BCUT2D eigenvalue weighted by Gasteiger charge is 2.76. The maximum Gasteiger partial charge on any atom is 0.264 e. The van der Waals surface area contributed by atoms with Crippen molar-refractivity contribution in [3.8, 4) is 45.6 Å². The van der Waals surface area contributed by atoms with E-state index < -0.39 is 201 Å². The molecule has 14 rings (SSSR count). The summed E-state index contributed by atoms with van der Waals surface area (Å²) in [4.78, 5) is 119.